The number of aromatic nitrogens is 2. The zero-order chi connectivity index (χ0) is 16.9. The van der Waals surface area contributed by atoms with Gasteiger partial charge in [-0.1, -0.05) is 58.0 Å². The first-order valence-electron chi connectivity index (χ1n) is 7.41. The van der Waals surface area contributed by atoms with Crippen molar-refractivity contribution in [2.45, 2.75) is 12.1 Å². The number of carbonyl (C=O) groups excluding carboxylic acids is 1. The number of thioether (sulfide) groups is 1. The lowest BCUT2D eigenvalue weighted by Gasteiger charge is -2.08. The standard InChI is InChI=1S/C18H16BrN3OS/c1-12-9-14(19)7-8-15(12)21-17(23)11-24-18-20-10-16(22-18)13-5-3-2-4-6-13/h2-10H,11H2,1H3,(H,20,22)(H,21,23). The van der Waals surface area contributed by atoms with Gasteiger partial charge in [0, 0.05) is 10.2 Å². The summed E-state index contributed by atoms with van der Waals surface area (Å²) in [6, 6.07) is 15.8. The van der Waals surface area contributed by atoms with Gasteiger partial charge >= 0.3 is 0 Å². The Balaban J connectivity index is 1.58. The van der Waals surface area contributed by atoms with Crippen LogP contribution in [0.2, 0.25) is 0 Å². The van der Waals surface area contributed by atoms with E-state index in [0.29, 0.717) is 5.75 Å². The minimum absolute atomic E-state index is 0.0527. The second-order valence-electron chi connectivity index (χ2n) is 5.26. The Morgan fingerprint density at radius 3 is 2.79 bits per heavy atom. The fourth-order valence-electron chi connectivity index (χ4n) is 2.23. The smallest absolute Gasteiger partial charge is 0.234 e. The first-order valence-corrected chi connectivity index (χ1v) is 9.19. The largest absolute Gasteiger partial charge is 0.333 e. The summed E-state index contributed by atoms with van der Waals surface area (Å²) in [7, 11) is 0. The molecule has 0 saturated heterocycles. The molecular weight excluding hydrogens is 386 g/mol. The van der Waals surface area contributed by atoms with E-state index in [0.717, 1.165) is 32.1 Å². The van der Waals surface area contributed by atoms with Crippen LogP contribution in [-0.2, 0) is 4.79 Å². The maximum Gasteiger partial charge on any atom is 0.234 e. The molecule has 1 heterocycles. The van der Waals surface area contributed by atoms with Gasteiger partial charge in [0.1, 0.15) is 0 Å². The topological polar surface area (TPSA) is 57.8 Å². The molecule has 1 amide bonds. The third-order valence-electron chi connectivity index (χ3n) is 3.44. The van der Waals surface area contributed by atoms with Crippen molar-refractivity contribution in [3.63, 3.8) is 0 Å². The zero-order valence-electron chi connectivity index (χ0n) is 13.0. The van der Waals surface area contributed by atoms with E-state index >= 15 is 0 Å². The van der Waals surface area contributed by atoms with Gasteiger partial charge in [-0.25, -0.2) is 4.98 Å². The Morgan fingerprint density at radius 1 is 1.25 bits per heavy atom. The molecule has 0 radical (unpaired) electrons. The van der Waals surface area contributed by atoms with Gasteiger partial charge < -0.3 is 10.3 Å². The number of aryl methyl sites for hydroxylation is 1. The second kappa shape index (κ2) is 7.68. The molecule has 0 spiro atoms. The van der Waals surface area contributed by atoms with E-state index in [1.807, 2.05) is 55.5 Å². The van der Waals surface area contributed by atoms with E-state index in [1.54, 1.807) is 6.20 Å². The van der Waals surface area contributed by atoms with Gasteiger partial charge in [0.05, 0.1) is 17.6 Å². The van der Waals surface area contributed by atoms with Crippen molar-refractivity contribution < 1.29 is 4.79 Å². The predicted octanol–water partition coefficient (Wildman–Crippen LogP) is 4.88. The number of nitrogens with zero attached hydrogens (tertiary/aromatic N) is 1. The molecule has 0 unspecified atom stereocenters. The molecule has 122 valence electrons. The van der Waals surface area contributed by atoms with Crippen molar-refractivity contribution in [1.29, 1.82) is 0 Å². The summed E-state index contributed by atoms with van der Waals surface area (Å²) < 4.78 is 0.997. The van der Waals surface area contributed by atoms with Crippen LogP contribution in [0.1, 0.15) is 5.56 Å². The van der Waals surface area contributed by atoms with Crippen LogP contribution in [0.25, 0.3) is 11.3 Å². The average Bonchev–Trinajstić information content (AvgIpc) is 3.05. The summed E-state index contributed by atoms with van der Waals surface area (Å²) in [5.41, 5.74) is 3.87. The van der Waals surface area contributed by atoms with Crippen molar-refractivity contribution in [3.05, 3.63) is 64.8 Å². The highest BCUT2D eigenvalue weighted by atomic mass is 79.9. The molecule has 2 aromatic carbocycles. The number of halogens is 1. The molecule has 4 nitrogen and oxygen atoms in total. The molecule has 0 bridgehead atoms. The lowest BCUT2D eigenvalue weighted by Crippen LogP contribution is -2.14. The number of carbonyl (C=O) groups is 1. The number of aromatic amines is 1. The third-order valence-corrected chi connectivity index (χ3v) is 4.82. The fraction of sp³-hybridized carbons (Fsp3) is 0.111. The van der Waals surface area contributed by atoms with Crippen LogP contribution in [0.5, 0.6) is 0 Å². The molecule has 6 heteroatoms. The van der Waals surface area contributed by atoms with Crippen LogP contribution in [0.3, 0.4) is 0 Å². The van der Waals surface area contributed by atoms with Crippen molar-refractivity contribution in [3.8, 4) is 11.3 Å². The Kier molecular flexibility index (Phi) is 5.37. The molecule has 3 rings (SSSR count). The Bertz CT molecular complexity index is 848. The Morgan fingerprint density at radius 2 is 2.04 bits per heavy atom. The number of hydrogen-bond acceptors (Lipinski definition) is 3. The maximum atomic E-state index is 12.1. The molecule has 0 aliphatic rings. The van der Waals surface area contributed by atoms with Gasteiger partial charge in [-0.15, -0.1) is 0 Å². The van der Waals surface area contributed by atoms with Crippen LogP contribution in [0, 0.1) is 6.92 Å². The van der Waals surface area contributed by atoms with Crippen LogP contribution in [-0.4, -0.2) is 21.6 Å². The molecule has 0 saturated carbocycles. The summed E-state index contributed by atoms with van der Waals surface area (Å²) >= 11 is 4.80. The Hall–Kier alpha value is -2.05. The molecule has 24 heavy (non-hydrogen) atoms. The molecule has 0 aliphatic carbocycles. The van der Waals surface area contributed by atoms with Gasteiger partial charge in [0.25, 0.3) is 0 Å². The van der Waals surface area contributed by atoms with Crippen molar-refractivity contribution in [2.75, 3.05) is 11.1 Å². The van der Waals surface area contributed by atoms with Crippen LogP contribution in [0.15, 0.2) is 64.4 Å². The SMILES string of the molecule is Cc1cc(Br)ccc1NC(=O)CSc1ncc(-c2ccccc2)[nH]1. The number of H-pyrrole nitrogens is 1. The molecule has 0 aliphatic heterocycles. The molecule has 2 N–H and O–H groups in total. The van der Waals surface area contributed by atoms with Gasteiger partial charge in [0.15, 0.2) is 5.16 Å². The van der Waals surface area contributed by atoms with Gasteiger partial charge in [-0.2, -0.15) is 0 Å². The predicted molar refractivity (Wildman–Crippen MR) is 102 cm³/mol. The molecule has 3 aromatic rings. The van der Waals surface area contributed by atoms with E-state index in [4.69, 9.17) is 0 Å². The molecule has 0 fully saturated rings. The van der Waals surface area contributed by atoms with E-state index in [9.17, 15) is 4.79 Å². The van der Waals surface area contributed by atoms with E-state index in [2.05, 4.69) is 31.2 Å². The third kappa shape index (κ3) is 4.27. The van der Waals surface area contributed by atoms with Gasteiger partial charge in [-0.05, 0) is 36.2 Å². The van der Waals surface area contributed by atoms with Crippen LogP contribution in [0.4, 0.5) is 5.69 Å². The van der Waals surface area contributed by atoms with Crippen LogP contribution < -0.4 is 5.32 Å². The van der Waals surface area contributed by atoms with E-state index in [-0.39, 0.29) is 5.91 Å². The molecule has 0 atom stereocenters. The monoisotopic (exact) mass is 401 g/mol. The number of imidazole rings is 1. The molecular formula is C18H16BrN3OS. The van der Waals surface area contributed by atoms with E-state index in [1.165, 1.54) is 11.8 Å². The zero-order valence-corrected chi connectivity index (χ0v) is 15.4. The maximum absolute atomic E-state index is 12.1. The van der Waals surface area contributed by atoms with Crippen molar-refractivity contribution in [1.82, 2.24) is 9.97 Å². The van der Waals surface area contributed by atoms with Crippen molar-refractivity contribution in [2.24, 2.45) is 0 Å². The minimum atomic E-state index is -0.0527. The lowest BCUT2D eigenvalue weighted by atomic mass is 10.2. The fourth-order valence-corrected chi connectivity index (χ4v) is 3.35. The number of amides is 1. The minimum Gasteiger partial charge on any atom is -0.333 e. The van der Waals surface area contributed by atoms with E-state index < -0.39 is 0 Å². The number of rotatable bonds is 5. The lowest BCUT2D eigenvalue weighted by molar-refractivity contribution is -0.113. The number of benzene rings is 2. The van der Waals surface area contributed by atoms with Crippen molar-refractivity contribution >= 4 is 39.3 Å². The quantitative estimate of drug-likeness (QED) is 0.599. The second-order valence-corrected chi connectivity index (χ2v) is 7.14. The number of hydrogen-bond donors (Lipinski definition) is 2. The molecule has 1 aromatic heterocycles. The van der Waals surface area contributed by atoms with Gasteiger partial charge in [-0.3, -0.25) is 4.79 Å². The first kappa shape index (κ1) is 16.8. The first-order chi connectivity index (χ1) is 11.6. The summed E-state index contributed by atoms with van der Waals surface area (Å²) in [5, 5.41) is 3.66. The average molecular weight is 402 g/mol. The van der Waals surface area contributed by atoms with Gasteiger partial charge in [0.2, 0.25) is 5.91 Å². The highest BCUT2D eigenvalue weighted by Gasteiger charge is 2.08. The highest BCUT2D eigenvalue weighted by Crippen LogP contribution is 2.23. The number of nitrogens with one attached hydrogen (secondary N) is 2. The number of anilines is 1. The highest BCUT2D eigenvalue weighted by molar-refractivity contribution is 9.10. The summed E-state index contributed by atoms with van der Waals surface area (Å²) in [4.78, 5) is 19.7. The summed E-state index contributed by atoms with van der Waals surface area (Å²) in [5.74, 6) is 0.250. The Labute approximate surface area is 153 Å². The summed E-state index contributed by atoms with van der Waals surface area (Å²) in [6.45, 7) is 1.96. The normalized spacial score (nSPS) is 10.6. The summed E-state index contributed by atoms with van der Waals surface area (Å²) in [6.07, 6.45) is 1.79. The van der Waals surface area contributed by atoms with Crippen LogP contribution >= 0.6 is 27.7 Å².